The van der Waals surface area contributed by atoms with Crippen LogP contribution in [0.5, 0.6) is 0 Å². The van der Waals surface area contributed by atoms with Crippen LogP contribution in [0.4, 0.5) is 16.5 Å². The predicted molar refractivity (Wildman–Crippen MR) is 120 cm³/mol. The van der Waals surface area contributed by atoms with Gasteiger partial charge in [0.25, 0.3) is 20.3 Å². The Morgan fingerprint density at radius 2 is 1.74 bits per heavy atom. The highest BCUT2D eigenvalue weighted by atomic mass is 35.5. The summed E-state index contributed by atoms with van der Waals surface area (Å²) >= 11 is 6.45. The van der Waals surface area contributed by atoms with Crippen LogP contribution in [0.15, 0.2) is 52.9 Å². The number of carbonyl (C=O) groups is 1. The second kappa shape index (κ2) is 8.78. The monoisotopic (exact) mass is 501 g/mol. The Morgan fingerprint density at radius 1 is 1.06 bits per heavy atom. The minimum absolute atomic E-state index is 0.00844. The van der Waals surface area contributed by atoms with Crippen molar-refractivity contribution in [2.45, 2.75) is 4.34 Å². The number of benzene rings is 2. The van der Waals surface area contributed by atoms with E-state index in [2.05, 4.69) is 20.2 Å². The highest BCUT2D eigenvalue weighted by molar-refractivity contribution is 7.94. The molecular weight excluding hydrogens is 486 g/mol. The van der Waals surface area contributed by atoms with E-state index in [1.807, 2.05) is 0 Å². The van der Waals surface area contributed by atoms with Gasteiger partial charge in [-0.3, -0.25) is 19.1 Å². The lowest BCUT2D eigenvalue weighted by atomic mass is 10.2. The van der Waals surface area contributed by atoms with Crippen molar-refractivity contribution in [1.82, 2.24) is 10.2 Å². The molecule has 3 aromatic rings. The summed E-state index contributed by atoms with van der Waals surface area (Å²) in [6.07, 6.45) is 1.03. The SMILES string of the molecule is CN(c1cccc(NS(=O)(=O)c2nnc(NC(=O)c3ccc(Cl)cc3)s2)c1)S(C)(=O)=O. The van der Waals surface area contributed by atoms with Gasteiger partial charge in [-0.25, -0.2) is 8.42 Å². The summed E-state index contributed by atoms with van der Waals surface area (Å²) in [7, 11) is -6.28. The molecule has 0 aliphatic carbocycles. The van der Waals surface area contributed by atoms with Crippen LogP contribution >= 0.6 is 22.9 Å². The second-order valence-corrected chi connectivity index (χ2v) is 11.5. The number of aromatic nitrogens is 2. The third-order valence-electron chi connectivity index (χ3n) is 3.92. The van der Waals surface area contributed by atoms with Gasteiger partial charge in [-0.15, -0.1) is 10.2 Å². The van der Waals surface area contributed by atoms with Gasteiger partial charge in [0, 0.05) is 17.6 Å². The average molecular weight is 502 g/mol. The standard InChI is InChI=1S/C17H16ClN5O5S3/c1-23(30(2,25)26)14-5-3-4-13(10-14)22-31(27,28)17-21-20-16(29-17)19-15(24)11-6-8-12(18)9-7-11/h3-10,22H,1-2H3,(H,19,20,24). The van der Waals surface area contributed by atoms with Gasteiger partial charge in [-0.05, 0) is 42.5 Å². The minimum Gasteiger partial charge on any atom is -0.296 e. The lowest BCUT2D eigenvalue weighted by Gasteiger charge is -2.17. The molecule has 31 heavy (non-hydrogen) atoms. The van der Waals surface area contributed by atoms with E-state index in [0.717, 1.165) is 10.6 Å². The number of sulfonamides is 2. The van der Waals surface area contributed by atoms with E-state index in [4.69, 9.17) is 11.6 Å². The summed E-state index contributed by atoms with van der Waals surface area (Å²) in [6.45, 7) is 0. The molecule has 0 atom stereocenters. The fraction of sp³-hybridized carbons (Fsp3) is 0.118. The van der Waals surface area contributed by atoms with E-state index >= 15 is 0 Å². The topological polar surface area (TPSA) is 138 Å². The molecular formula is C17H16ClN5O5S3. The molecule has 0 spiro atoms. The molecule has 2 N–H and O–H groups in total. The maximum Gasteiger partial charge on any atom is 0.291 e. The normalized spacial score (nSPS) is 11.7. The van der Waals surface area contributed by atoms with E-state index in [1.165, 1.54) is 43.4 Å². The summed E-state index contributed by atoms with van der Waals surface area (Å²) < 4.78 is 51.6. The number of nitrogens with zero attached hydrogens (tertiary/aromatic N) is 3. The molecule has 2 aromatic carbocycles. The summed E-state index contributed by atoms with van der Waals surface area (Å²) in [4.78, 5) is 12.2. The Hall–Kier alpha value is -2.74. The van der Waals surface area contributed by atoms with Crippen molar-refractivity contribution in [3.05, 3.63) is 59.1 Å². The van der Waals surface area contributed by atoms with Gasteiger partial charge in [-0.2, -0.15) is 8.42 Å². The number of carbonyl (C=O) groups excluding carboxylic acids is 1. The molecule has 164 valence electrons. The fourth-order valence-electron chi connectivity index (χ4n) is 2.29. The second-order valence-electron chi connectivity index (χ2n) is 6.22. The van der Waals surface area contributed by atoms with Crippen LogP contribution in [0.25, 0.3) is 0 Å². The van der Waals surface area contributed by atoms with Crippen LogP contribution in [-0.2, 0) is 20.0 Å². The van der Waals surface area contributed by atoms with E-state index < -0.39 is 26.0 Å². The molecule has 3 rings (SSSR count). The number of nitrogens with one attached hydrogen (secondary N) is 2. The fourth-order valence-corrected chi connectivity index (χ4v) is 4.86. The van der Waals surface area contributed by atoms with Crippen molar-refractivity contribution in [2.24, 2.45) is 0 Å². The van der Waals surface area contributed by atoms with Crippen LogP contribution in [-0.4, -0.2) is 46.2 Å². The molecule has 0 radical (unpaired) electrons. The zero-order valence-corrected chi connectivity index (χ0v) is 19.3. The van der Waals surface area contributed by atoms with Gasteiger partial charge in [-0.1, -0.05) is 29.0 Å². The van der Waals surface area contributed by atoms with Crippen LogP contribution in [0.3, 0.4) is 0 Å². The first kappa shape index (κ1) is 22.9. The third kappa shape index (κ3) is 5.70. The predicted octanol–water partition coefficient (Wildman–Crippen LogP) is 2.64. The number of hydrogen-bond acceptors (Lipinski definition) is 8. The van der Waals surface area contributed by atoms with Gasteiger partial charge in [0.15, 0.2) is 0 Å². The lowest BCUT2D eigenvalue weighted by Crippen LogP contribution is -2.24. The molecule has 1 amide bonds. The Labute approximate surface area is 188 Å². The summed E-state index contributed by atoms with van der Waals surface area (Å²) in [5.74, 6) is -0.499. The Bertz CT molecular complexity index is 1320. The van der Waals surface area contributed by atoms with Crippen LogP contribution in [0, 0.1) is 0 Å². The number of amides is 1. The highest BCUT2D eigenvalue weighted by Crippen LogP contribution is 2.25. The summed E-state index contributed by atoms with van der Waals surface area (Å²) in [6, 6.07) is 12.0. The van der Waals surface area contributed by atoms with Crippen molar-refractivity contribution in [3.63, 3.8) is 0 Å². The van der Waals surface area contributed by atoms with E-state index in [9.17, 15) is 21.6 Å². The molecule has 14 heteroatoms. The summed E-state index contributed by atoms with van der Waals surface area (Å²) in [5, 5.41) is 10.2. The smallest absolute Gasteiger partial charge is 0.291 e. The Kier molecular flexibility index (Phi) is 6.50. The molecule has 0 unspecified atom stereocenters. The maximum atomic E-state index is 12.6. The number of halogens is 1. The van der Waals surface area contributed by atoms with Gasteiger partial charge < -0.3 is 0 Å². The van der Waals surface area contributed by atoms with Crippen molar-refractivity contribution in [3.8, 4) is 0 Å². The van der Waals surface area contributed by atoms with Crippen LogP contribution in [0.1, 0.15) is 10.4 Å². The molecule has 0 bridgehead atoms. The van der Waals surface area contributed by atoms with Crippen molar-refractivity contribution in [1.29, 1.82) is 0 Å². The first-order chi connectivity index (χ1) is 14.5. The largest absolute Gasteiger partial charge is 0.296 e. The molecule has 0 fully saturated rings. The number of anilines is 3. The first-order valence-corrected chi connectivity index (χ1v) is 13.0. The van der Waals surface area contributed by atoms with Crippen molar-refractivity contribution < 1.29 is 21.6 Å². The van der Waals surface area contributed by atoms with Gasteiger partial charge in [0.1, 0.15) is 0 Å². The molecule has 0 aliphatic heterocycles. The number of hydrogen-bond donors (Lipinski definition) is 2. The van der Waals surface area contributed by atoms with E-state index in [1.54, 1.807) is 12.1 Å². The van der Waals surface area contributed by atoms with Crippen molar-refractivity contribution in [2.75, 3.05) is 27.6 Å². The average Bonchev–Trinajstić information content (AvgIpc) is 3.16. The van der Waals surface area contributed by atoms with Gasteiger partial charge in [0.05, 0.1) is 17.6 Å². The third-order valence-corrected chi connectivity index (χ3v) is 7.97. The van der Waals surface area contributed by atoms with Crippen LogP contribution < -0.4 is 14.3 Å². The Balaban J connectivity index is 1.76. The lowest BCUT2D eigenvalue weighted by molar-refractivity contribution is 0.102. The maximum absolute atomic E-state index is 12.6. The van der Waals surface area contributed by atoms with Gasteiger partial charge >= 0.3 is 0 Å². The Morgan fingerprint density at radius 3 is 2.39 bits per heavy atom. The zero-order chi connectivity index (χ0) is 22.8. The molecule has 0 saturated heterocycles. The van der Waals surface area contributed by atoms with E-state index in [-0.39, 0.29) is 20.8 Å². The quantitative estimate of drug-likeness (QED) is 0.474. The zero-order valence-electron chi connectivity index (χ0n) is 16.1. The van der Waals surface area contributed by atoms with Gasteiger partial charge in [0.2, 0.25) is 15.2 Å². The molecule has 0 saturated carbocycles. The number of rotatable bonds is 7. The minimum atomic E-state index is -4.12. The highest BCUT2D eigenvalue weighted by Gasteiger charge is 2.22. The molecule has 1 aromatic heterocycles. The molecule has 0 aliphatic rings. The molecule has 10 nitrogen and oxygen atoms in total. The first-order valence-electron chi connectivity index (χ1n) is 8.43. The van der Waals surface area contributed by atoms with Crippen LogP contribution in [0.2, 0.25) is 5.02 Å². The van der Waals surface area contributed by atoms with Crippen molar-refractivity contribution >= 4 is 65.4 Å². The summed E-state index contributed by atoms with van der Waals surface area (Å²) in [5.41, 5.74) is 0.722. The molecule has 1 heterocycles. The van der Waals surface area contributed by atoms with E-state index in [0.29, 0.717) is 21.9 Å².